The van der Waals surface area contributed by atoms with Crippen LogP contribution in [0.25, 0.3) is 0 Å². The van der Waals surface area contributed by atoms with Crippen LogP contribution in [0.5, 0.6) is 0 Å². The van der Waals surface area contributed by atoms with E-state index in [-0.39, 0.29) is 13.2 Å². The zero-order valence-electron chi connectivity index (χ0n) is 10.2. The zero-order valence-corrected chi connectivity index (χ0v) is 11.1. The van der Waals surface area contributed by atoms with E-state index in [9.17, 15) is 4.79 Å². The number of rotatable bonds is 6. The average Bonchev–Trinajstić information content (AvgIpc) is 2.16. The van der Waals surface area contributed by atoms with E-state index in [0.29, 0.717) is 19.5 Å². The molecule has 0 aromatic carbocycles. The van der Waals surface area contributed by atoms with Crippen molar-refractivity contribution < 1.29 is 39.4 Å². The van der Waals surface area contributed by atoms with Crippen LogP contribution in [-0.4, -0.2) is 62.3 Å². The lowest BCUT2D eigenvalue weighted by molar-refractivity contribution is -0.137. The Hall–Kier alpha value is -0.540. The second-order valence-corrected chi connectivity index (χ2v) is 3.88. The van der Waals surface area contributed by atoms with Gasteiger partial charge in [0.05, 0.1) is 13.2 Å². The second-order valence-electron chi connectivity index (χ2n) is 2.85. The van der Waals surface area contributed by atoms with Gasteiger partial charge in [0.15, 0.2) is 0 Å². The predicted octanol–water partition coefficient (Wildman–Crippen LogP) is -1.50. The Morgan fingerprint density at radius 2 is 1.44 bits per heavy atom. The summed E-state index contributed by atoms with van der Waals surface area (Å²) in [5.74, 6) is -0.711. The largest absolute Gasteiger partial charge is 0.481 e. The van der Waals surface area contributed by atoms with Crippen molar-refractivity contribution in [1.29, 1.82) is 0 Å². The summed E-state index contributed by atoms with van der Waals surface area (Å²) >= 11 is 0. The molecule has 0 bridgehead atoms. The molecule has 0 aliphatic heterocycles. The highest BCUT2D eigenvalue weighted by molar-refractivity contribution is 7.45. The lowest BCUT2D eigenvalue weighted by Crippen LogP contribution is -2.21. The second kappa shape index (κ2) is 16.5. The van der Waals surface area contributed by atoms with Crippen molar-refractivity contribution in [2.24, 2.45) is 0 Å². The molecular formula is C8H22NO8P. The zero-order chi connectivity index (χ0) is 15.0. The van der Waals surface area contributed by atoms with Crippen LogP contribution in [0.15, 0.2) is 0 Å². The molecule has 0 saturated heterocycles. The molecule has 0 aliphatic rings. The van der Waals surface area contributed by atoms with Gasteiger partial charge in [-0.3, -0.25) is 4.79 Å². The van der Waals surface area contributed by atoms with Crippen molar-refractivity contribution in [3.05, 3.63) is 0 Å². The number of hydrogen-bond acceptors (Lipinski definition) is 5. The van der Waals surface area contributed by atoms with Gasteiger partial charge < -0.3 is 35.3 Å². The van der Waals surface area contributed by atoms with E-state index in [1.165, 1.54) is 0 Å². The van der Waals surface area contributed by atoms with E-state index in [2.05, 4.69) is 5.32 Å². The molecule has 0 saturated carbocycles. The van der Waals surface area contributed by atoms with E-state index in [1.807, 2.05) is 6.92 Å². The Morgan fingerprint density at radius 3 is 1.56 bits per heavy atom. The molecular weight excluding hydrogens is 269 g/mol. The highest BCUT2D eigenvalue weighted by atomic mass is 31.2. The normalized spacial score (nSPS) is 9.67. The quantitative estimate of drug-likeness (QED) is 0.227. The number of aliphatic hydroxyl groups is 2. The molecule has 9 nitrogen and oxygen atoms in total. The Balaban J connectivity index is -0.000000190. The van der Waals surface area contributed by atoms with Crippen molar-refractivity contribution in [2.75, 3.05) is 26.3 Å². The average molecular weight is 291 g/mol. The Bertz CT molecular complexity index is 207. The van der Waals surface area contributed by atoms with Gasteiger partial charge in [-0.05, 0) is 6.42 Å². The maximum absolute atomic E-state index is 9.60. The van der Waals surface area contributed by atoms with Gasteiger partial charge in [0.2, 0.25) is 0 Å². The number of aliphatic carboxylic acids is 1. The number of carboxylic acids is 1. The van der Waals surface area contributed by atoms with E-state index in [1.54, 1.807) is 0 Å². The Morgan fingerprint density at radius 1 is 1.11 bits per heavy atom. The maximum Gasteiger partial charge on any atom is 0.466 e. The third-order valence-corrected chi connectivity index (χ3v) is 1.04. The fourth-order valence-corrected chi connectivity index (χ4v) is 0.497. The summed E-state index contributed by atoms with van der Waals surface area (Å²) in [6.45, 7) is 3.26. The summed E-state index contributed by atoms with van der Waals surface area (Å²) < 4.78 is 8.88. The number of hydrogen-bond donors (Lipinski definition) is 7. The number of phosphoric acid groups is 1. The minimum Gasteiger partial charge on any atom is -0.481 e. The monoisotopic (exact) mass is 291 g/mol. The Kier molecular flexibility index (Phi) is 20.7. The van der Waals surface area contributed by atoms with Crippen LogP contribution in [0.4, 0.5) is 0 Å². The van der Waals surface area contributed by atoms with Gasteiger partial charge >= 0.3 is 13.8 Å². The van der Waals surface area contributed by atoms with E-state index >= 15 is 0 Å². The highest BCUT2D eigenvalue weighted by Crippen LogP contribution is 2.25. The van der Waals surface area contributed by atoms with Crippen LogP contribution in [0, 0.1) is 0 Å². The van der Waals surface area contributed by atoms with Gasteiger partial charge in [0.1, 0.15) is 0 Å². The molecule has 0 heterocycles. The van der Waals surface area contributed by atoms with Gasteiger partial charge in [0.25, 0.3) is 0 Å². The van der Waals surface area contributed by atoms with Gasteiger partial charge in [-0.25, -0.2) is 4.57 Å². The maximum atomic E-state index is 9.60. The van der Waals surface area contributed by atoms with Gasteiger partial charge in [-0.2, -0.15) is 0 Å². The van der Waals surface area contributed by atoms with Crippen LogP contribution < -0.4 is 5.32 Å². The summed E-state index contributed by atoms with van der Waals surface area (Å²) in [5.41, 5.74) is 0. The summed E-state index contributed by atoms with van der Waals surface area (Å²) in [7, 11) is -4.64. The molecule has 0 spiro atoms. The minimum absolute atomic E-state index is 0.139. The number of nitrogens with one attached hydrogen (secondary N) is 1. The minimum atomic E-state index is -4.64. The first-order valence-electron chi connectivity index (χ1n) is 5.11. The summed E-state index contributed by atoms with van der Waals surface area (Å²) in [4.78, 5) is 31.2. The third-order valence-electron chi connectivity index (χ3n) is 1.04. The van der Waals surface area contributed by atoms with E-state index < -0.39 is 13.8 Å². The van der Waals surface area contributed by atoms with Crippen molar-refractivity contribution in [2.45, 2.75) is 19.8 Å². The van der Waals surface area contributed by atoms with Crippen LogP contribution in [0.1, 0.15) is 19.8 Å². The van der Waals surface area contributed by atoms with Crippen molar-refractivity contribution in [3.8, 4) is 0 Å². The van der Waals surface area contributed by atoms with Crippen LogP contribution >= 0.6 is 7.82 Å². The van der Waals surface area contributed by atoms with Crippen LogP contribution in [0.3, 0.4) is 0 Å². The molecule has 18 heavy (non-hydrogen) atoms. The molecule has 0 unspecified atom stereocenters. The van der Waals surface area contributed by atoms with Gasteiger partial charge in [-0.1, -0.05) is 6.92 Å². The fraction of sp³-hybridized carbons (Fsp3) is 0.875. The Labute approximate surface area is 105 Å². The van der Waals surface area contributed by atoms with Crippen molar-refractivity contribution in [1.82, 2.24) is 5.32 Å². The number of carboxylic acid groups (broad SMARTS) is 1. The molecule has 0 aromatic rings. The SMILES string of the molecule is CCCC(=O)O.O=P(O)(O)O.OCCNCCO. The summed E-state index contributed by atoms with van der Waals surface area (Å²) in [5, 5.41) is 27.0. The topological polar surface area (TPSA) is 168 Å². The molecule has 7 N–H and O–H groups in total. The fourth-order valence-electron chi connectivity index (χ4n) is 0.497. The van der Waals surface area contributed by atoms with Crippen molar-refractivity contribution >= 4 is 13.8 Å². The molecule has 0 rings (SSSR count). The third kappa shape index (κ3) is 77.5. The lowest BCUT2D eigenvalue weighted by Gasteiger charge is -1.94. The first kappa shape index (κ1) is 22.6. The smallest absolute Gasteiger partial charge is 0.466 e. The summed E-state index contributed by atoms with van der Waals surface area (Å²) in [6, 6.07) is 0. The molecule has 0 aliphatic carbocycles. The predicted molar refractivity (Wildman–Crippen MR) is 63.8 cm³/mol. The van der Waals surface area contributed by atoms with Gasteiger partial charge in [0, 0.05) is 19.5 Å². The van der Waals surface area contributed by atoms with Crippen LogP contribution in [-0.2, 0) is 9.36 Å². The standard InChI is InChI=1S/C4H11NO2.C4H8O2.H3O4P/c6-3-1-5-2-4-7;1-2-3-4(5)6;1-5(2,3)4/h5-7H,1-4H2;2-3H2,1H3,(H,5,6);(H3,1,2,3,4). The molecule has 0 atom stereocenters. The highest BCUT2D eigenvalue weighted by Gasteiger charge is 2.00. The molecule has 0 radical (unpaired) electrons. The summed E-state index contributed by atoms with van der Waals surface area (Å²) in [6.07, 6.45) is 1.02. The number of carbonyl (C=O) groups is 1. The van der Waals surface area contributed by atoms with E-state index in [4.69, 9.17) is 34.6 Å². The first-order chi connectivity index (χ1) is 8.18. The van der Waals surface area contributed by atoms with Gasteiger partial charge in [-0.15, -0.1) is 0 Å². The number of aliphatic hydroxyl groups excluding tert-OH is 2. The molecule has 112 valence electrons. The molecule has 10 heteroatoms. The van der Waals surface area contributed by atoms with Crippen LogP contribution in [0.2, 0.25) is 0 Å². The first-order valence-corrected chi connectivity index (χ1v) is 6.68. The lowest BCUT2D eigenvalue weighted by atomic mass is 10.4. The van der Waals surface area contributed by atoms with Crippen molar-refractivity contribution in [3.63, 3.8) is 0 Å². The molecule has 0 amide bonds. The van der Waals surface area contributed by atoms with E-state index in [0.717, 1.165) is 6.42 Å². The molecule has 0 fully saturated rings. The molecule has 0 aromatic heterocycles.